The van der Waals surface area contributed by atoms with Crippen LogP contribution in [0.1, 0.15) is 58.5 Å². The van der Waals surface area contributed by atoms with Crippen molar-refractivity contribution in [1.29, 1.82) is 0 Å². The number of aryl methyl sites for hydroxylation is 1. The topological polar surface area (TPSA) is 72.6 Å². The van der Waals surface area contributed by atoms with E-state index >= 15 is 0 Å². The molecule has 0 saturated carbocycles. The van der Waals surface area contributed by atoms with Gasteiger partial charge in [0.25, 0.3) is 0 Å². The third kappa shape index (κ3) is 6.92. The van der Waals surface area contributed by atoms with Crippen molar-refractivity contribution in [2.24, 2.45) is 0 Å². The Labute approximate surface area is 325 Å². The van der Waals surface area contributed by atoms with Crippen LogP contribution in [0.4, 0.5) is 0 Å². The molecule has 0 aliphatic heterocycles. The summed E-state index contributed by atoms with van der Waals surface area (Å²) in [4.78, 5) is 4.71. The van der Waals surface area contributed by atoms with Crippen LogP contribution >= 0.6 is 0 Å². The fourth-order valence-electron chi connectivity index (χ4n) is 6.85. The molecule has 0 aliphatic rings. The molecule has 0 bridgehead atoms. The summed E-state index contributed by atoms with van der Waals surface area (Å²) in [7, 11) is 4.96. The second-order valence-electron chi connectivity index (χ2n) is 15.0. The summed E-state index contributed by atoms with van der Waals surface area (Å²) in [5, 5.41) is 7.52. The third-order valence-corrected chi connectivity index (χ3v) is 9.16. The molecule has 0 N–H and O–H groups in total. The largest absolute Gasteiger partial charge is 2.00 e. The van der Waals surface area contributed by atoms with Gasteiger partial charge in [-0.05, 0) is 41.8 Å². The molecule has 7 rings (SSSR count). The first-order valence-electron chi connectivity index (χ1n) is 17.4. The van der Waals surface area contributed by atoms with Crippen molar-refractivity contribution in [2.75, 3.05) is 21.3 Å². The standard InChI is InChI=1S/C44H44N4O4.Pd/c1-27-20-21-45-38(22-27)47-34-17-12-11-16-32(34)33-19-18-30(24-35(33)47)52-29-15-13-14-28(23-29)48-42(44(5,6)7)40(41(46-48)43(2,3)4)39-36(50-9)25-31(49-8)26-37(39)51-10;/h11-22,25-26H,1-10H3;/q-2;+2. The van der Waals surface area contributed by atoms with Crippen LogP contribution < -0.4 is 18.9 Å². The van der Waals surface area contributed by atoms with Gasteiger partial charge < -0.3 is 23.5 Å². The molecule has 0 spiro atoms. The van der Waals surface area contributed by atoms with Crippen LogP contribution in [-0.2, 0) is 31.3 Å². The molecule has 0 aliphatic carbocycles. The van der Waals surface area contributed by atoms with Gasteiger partial charge in [0.1, 0.15) is 23.1 Å². The molecular formula is C44H44N4O4Pd. The van der Waals surface area contributed by atoms with Crippen LogP contribution in [-0.4, -0.2) is 40.7 Å². The number of pyridine rings is 1. The van der Waals surface area contributed by atoms with E-state index in [1.165, 1.54) is 0 Å². The number of nitrogens with zero attached hydrogens (tertiary/aromatic N) is 4. The quantitative estimate of drug-likeness (QED) is 0.113. The molecule has 3 heterocycles. The molecule has 274 valence electrons. The molecule has 7 aromatic rings. The Morgan fingerprint density at radius 3 is 2.02 bits per heavy atom. The Hall–Kier alpha value is -5.10. The number of hydrogen-bond donors (Lipinski definition) is 0. The Bertz CT molecular complexity index is 2420. The van der Waals surface area contributed by atoms with Crippen molar-refractivity contribution in [2.45, 2.75) is 59.3 Å². The zero-order chi connectivity index (χ0) is 36.9. The Morgan fingerprint density at radius 1 is 0.679 bits per heavy atom. The number of ether oxygens (including phenoxy) is 4. The van der Waals surface area contributed by atoms with Gasteiger partial charge in [0, 0.05) is 51.7 Å². The zero-order valence-electron chi connectivity index (χ0n) is 31.8. The van der Waals surface area contributed by atoms with E-state index in [0.717, 1.165) is 61.4 Å². The van der Waals surface area contributed by atoms with Gasteiger partial charge in [0.15, 0.2) is 0 Å². The maximum absolute atomic E-state index is 6.53. The Balaban J connectivity index is 0.00000481. The maximum atomic E-state index is 6.53. The number of rotatable bonds is 8. The minimum Gasteiger partial charge on any atom is -0.509 e. The second-order valence-corrected chi connectivity index (χ2v) is 15.0. The first-order valence-corrected chi connectivity index (χ1v) is 17.4. The van der Waals surface area contributed by atoms with Gasteiger partial charge in [0.05, 0.1) is 38.3 Å². The molecule has 9 heteroatoms. The predicted molar refractivity (Wildman–Crippen MR) is 207 cm³/mol. The first-order chi connectivity index (χ1) is 24.8. The average molecular weight is 799 g/mol. The number of hydrogen-bond acceptors (Lipinski definition) is 6. The smallest absolute Gasteiger partial charge is 0.509 e. The number of fused-ring (bicyclic) bond motifs is 3. The van der Waals surface area contributed by atoms with Crippen LogP contribution in [0.2, 0.25) is 0 Å². The monoisotopic (exact) mass is 798 g/mol. The van der Waals surface area contributed by atoms with E-state index in [1.54, 1.807) is 21.3 Å². The van der Waals surface area contributed by atoms with E-state index in [-0.39, 0.29) is 31.3 Å². The van der Waals surface area contributed by atoms with Gasteiger partial charge in [-0.15, -0.1) is 35.7 Å². The van der Waals surface area contributed by atoms with Gasteiger partial charge in [-0.1, -0.05) is 65.3 Å². The van der Waals surface area contributed by atoms with Crippen LogP contribution in [0, 0.1) is 19.1 Å². The fraction of sp³-hybridized carbons (Fsp3) is 0.273. The van der Waals surface area contributed by atoms with E-state index in [2.05, 4.69) is 95.5 Å². The van der Waals surface area contributed by atoms with Gasteiger partial charge in [-0.2, -0.15) is 17.2 Å². The van der Waals surface area contributed by atoms with Crippen molar-refractivity contribution in [1.82, 2.24) is 19.3 Å². The van der Waals surface area contributed by atoms with E-state index < -0.39 is 0 Å². The van der Waals surface area contributed by atoms with Crippen LogP contribution in [0.25, 0.3) is 44.4 Å². The summed E-state index contributed by atoms with van der Waals surface area (Å²) in [6.07, 6.45) is 1.84. The molecule has 0 fully saturated rings. The van der Waals surface area contributed by atoms with Gasteiger partial charge in [-0.3, -0.25) is 4.68 Å². The predicted octanol–water partition coefficient (Wildman–Crippen LogP) is 10.4. The van der Waals surface area contributed by atoms with E-state index in [1.807, 2.05) is 59.4 Å². The fourth-order valence-corrected chi connectivity index (χ4v) is 6.85. The second kappa shape index (κ2) is 14.4. The molecular weight excluding hydrogens is 755 g/mol. The van der Waals surface area contributed by atoms with Crippen molar-refractivity contribution < 1.29 is 39.4 Å². The summed E-state index contributed by atoms with van der Waals surface area (Å²) in [6, 6.07) is 33.2. The van der Waals surface area contributed by atoms with E-state index in [9.17, 15) is 0 Å². The molecule has 0 saturated heterocycles. The maximum Gasteiger partial charge on any atom is 2.00 e. The molecule has 0 amide bonds. The van der Waals surface area contributed by atoms with E-state index in [4.69, 9.17) is 29.0 Å². The van der Waals surface area contributed by atoms with Gasteiger partial charge in [-0.25, -0.2) is 4.98 Å². The molecule has 4 aromatic carbocycles. The minimum atomic E-state index is -0.359. The van der Waals surface area contributed by atoms with Crippen LogP contribution in [0.3, 0.4) is 0 Å². The van der Waals surface area contributed by atoms with Crippen LogP contribution in [0.15, 0.2) is 85.1 Å². The summed E-state index contributed by atoms with van der Waals surface area (Å²) in [5.74, 6) is 3.85. The average Bonchev–Trinajstić information content (AvgIpc) is 3.68. The summed E-state index contributed by atoms with van der Waals surface area (Å²) >= 11 is 0. The minimum absolute atomic E-state index is 0. The molecule has 0 radical (unpaired) electrons. The van der Waals surface area contributed by atoms with Crippen molar-refractivity contribution in [3.63, 3.8) is 0 Å². The third-order valence-electron chi connectivity index (χ3n) is 9.16. The summed E-state index contributed by atoms with van der Waals surface area (Å²) in [6.45, 7) is 15.1. The number of aromatic nitrogens is 4. The molecule has 3 aromatic heterocycles. The van der Waals surface area contributed by atoms with Gasteiger partial charge in [0.2, 0.25) is 0 Å². The van der Waals surface area contributed by atoms with Crippen molar-refractivity contribution in [3.8, 4) is 51.4 Å². The molecule has 0 atom stereocenters. The van der Waals surface area contributed by atoms with Crippen molar-refractivity contribution in [3.05, 3.63) is 114 Å². The number of methoxy groups -OCH3 is 3. The van der Waals surface area contributed by atoms with Gasteiger partial charge >= 0.3 is 20.4 Å². The first kappa shape index (κ1) is 37.7. The Kier molecular flexibility index (Phi) is 10.2. The summed E-state index contributed by atoms with van der Waals surface area (Å²) < 4.78 is 28.2. The summed E-state index contributed by atoms with van der Waals surface area (Å²) in [5.41, 5.74) is 6.77. The number of para-hydroxylation sites is 1. The number of benzene rings is 4. The molecule has 53 heavy (non-hydrogen) atoms. The van der Waals surface area contributed by atoms with Crippen molar-refractivity contribution >= 4 is 21.8 Å². The molecule has 0 unspecified atom stereocenters. The zero-order valence-corrected chi connectivity index (χ0v) is 33.4. The molecule has 8 nitrogen and oxygen atoms in total. The SMILES string of the molecule is COc1cc(OC)c(-c2c(C(C)(C)C)nn(-c3[c-]c(Oc4[c-]c5c(cc4)c4ccccc4n5-c4cc(C)ccn4)ccc3)c2C(C)(C)C)c(OC)c1.[Pd+2]. The normalized spacial score (nSPS) is 11.8. The Morgan fingerprint density at radius 2 is 1.38 bits per heavy atom. The van der Waals surface area contributed by atoms with Crippen LogP contribution in [0.5, 0.6) is 28.7 Å². The van der Waals surface area contributed by atoms with E-state index in [0.29, 0.717) is 28.7 Å².